The lowest BCUT2D eigenvalue weighted by molar-refractivity contribution is 0.217. The van der Waals surface area contributed by atoms with Crippen molar-refractivity contribution in [3.05, 3.63) is 60.0 Å². The van der Waals surface area contributed by atoms with Crippen LogP contribution in [0.4, 0.5) is 10.5 Å². The van der Waals surface area contributed by atoms with Gasteiger partial charge in [-0.25, -0.2) is 9.78 Å². The van der Waals surface area contributed by atoms with Crippen molar-refractivity contribution in [1.82, 2.24) is 9.88 Å². The van der Waals surface area contributed by atoms with Gasteiger partial charge in [0, 0.05) is 35.3 Å². The highest BCUT2D eigenvalue weighted by Gasteiger charge is 2.10. The van der Waals surface area contributed by atoms with Crippen molar-refractivity contribution in [2.45, 2.75) is 13.8 Å². The first kappa shape index (κ1) is 17.2. The Hall–Kier alpha value is -2.66. The molecule has 0 saturated carbocycles. The van der Waals surface area contributed by atoms with Gasteiger partial charge >= 0.3 is 6.03 Å². The van der Waals surface area contributed by atoms with Crippen molar-refractivity contribution in [2.75, 3.05) is 18.4 Å². The smallest absolute Gasteiger partial charge is 0.321 e. The Kier molecular flexibility index (Phi) is 5.46. The molecular formula is C20H21N3OS. The summed E-state index contributed by atoms with van der Waals surface area (Å²) in [7, 11) is 0. The van der Waals surface area contributed by atoms with Crippen molar-refractivity contribution in [3.63, 3.8) is 0 Å². The molecule has 0 spiro atoms. The van der Waals surface area contributed by atoms with E-state index in [0.29, 0.717) is 13.1 Å². The van der Waals surface area contributed by atoms with Crippen LogP contribution in [0.5, 0.6) is 0 Å². The molecular weight excluding hydrogens is 330 g/mol. The van der Waals surface area contributed by atoms with Crippen LogP contribution in [0.2, 0.25) is 0 Å². The number of nitrogens with one attached hydrogen (secondary N) is 1. The van der Waals surface area contributed by atoms with Gasteiger partial charge in [-0.3, -0.25) is 0 Å². The zero-order valence-electron chi connectivity index (χ0n) is 14.4. The fourth-order valence-corrected chi connectivity index (χ4v) is 3.39. The summed E-state index contributed by atoms with van der Waals surface area (Å²) < 4.78 is 0. The summed E-state index contributed by atoms with van der Waals surface area (Å²) in [5.41, 5.74) is 3.91. The van der Waals surface area contributed by atoms with Crippen LogP contribution in [0.15, 0.2) is 60.0 Å². The fourth-order valence-electron chi connectivity index (χ4n) is 2.56. The Morgan fingerprint density at radius 1 is 1.00 bits per heavy atom. The first-order chi connectivity index (χ1) is 12.2. The molecule has 0 aliphatic carbocycles. The highest BCUT2D eigenvalue weighted by Crippen LogP contribution is 2.29. The summed E-state index contributed by atoms with van der Waals surface area (Å²) in [6.45, 7) is 5.33. The van der Waals surface area contributed by atoms with Crippen LogP contribution in [-0.4, -0.2) is 29.0 Å². The monoisotopic (exact) mass is 351 g/mol. The van der Waals surface area contributed by atoms with Crippen molar-refractivity contribution in [2.24, 2.45) is 0 Å². The third-order valence-electron chi connectivity index (χ3n) is 4.01. The molecule has 1 aromatic heterocycles. The number of urea groups is 1. The number of aromatic nitrogens is 1. The van der Waals surface area contributed by atoms with Crippen molar-refractivity contribution in [3.8, 4) is 21.8 Å². The van der Waals surface area contributed by atoms with E-state index >= 15 is 0 Å². The molecule has 0 aliphatic rings. The van der Waals surface area contributed by atoms with Crippen LogP contribution in [0.1, 0.15) is 13.8 Å². The van der Waals surface area contributed by atoms with Crippen molar-refractivity contribution >= 4 is 23.1 Å². The van der Waals surface area contributed by atoms with Gasteiger partial charge in [0.15, 0.2) is 0 Å². The number of nitrogens with zero attached hydrogens (tertiary/aromatic N) is 2. The number of thiazole rings is 1. The molecule has 1 N–H and O–H groups in total. The zero-order valence-corrected chi connectivity index (χ0v) is 15.2. The lowest BCUT2D eigenvalue weighted by Gasteiger charge is -2.19. The standard InChI is InChI=1S/C20H21N3OS/c1-3-23(4-2)20(24)21-17-12-10-15(11-13-17)18-14-25-19(22-18)16-8-6-5-7-9-16/h5-14H,3-4H2,1-2H3,(H,21,24). The highest BCUT2D eigenvalue weighted by molar-refractivity contribution is 7.13. The number of anilines is 1. The maximum absolute atomic E-state index is 12.1. The summed E-state index contributed by atoms with van der Waals surface area (Å²) in [5, 5.41) is 5.99. The molecule has 0 bridgehead atoms. The molecule has 0 unspecified atom stereocenters. The van der Waals surface area contributed by atoms with E-state index in [1.54, 1.807) is 16.2 Å². The van der Waals surface area contributed by atoms with Gasteiger partial charge in [0.05, 0.1) is 5.69 Å². The predicted molar refractivity (Wildman–Crippen MR) is 105 cm³/mol. The number of carbonyl (C=O) groups is 1. The minimum Gasteiger partial charge on any atom is -0.325 e. The second-order valence-electron chi connectivity index (χ2n) is 5.58. The number of benzene rings is 2. The molecule has 25 heavy (non-hydrogen) atoms. The van der Waals surface area contributed by atoms with Gasteiger partial charge in [-0.1, -0.05) is 42.5 Å². The quantitative estimate of drug-likeness (QED) is 0.673. The summed E-state index contributed by atoms with van der Waals surface area (Å²) in [4.78, 5) is 18.6. The van der Waals surface area contributed by atoms with Crippen molar-refractivity contribution < 1.29 is 4.79 Å². The third kappa shape index (κ3) is 4.06. The SMILES string of the molecule is CCN(CC)C(=O)Nc1ccc(-c2csc(-c3ccccc3)n2)cc1. The lowest BCUT2D eigenvalue weighted by Crippen LogP contribution is -2.34. The molecule has 0 atom stereocenters. The number of hydrogen-bond donors (Lipinski definition) is 1. The van der Waals surface area contributed by atoms with Gasteiger partial charge in [0.25, 0.3) is 0 Å². The average molecular weight is 351 g/mol. The molecule has 4 nitrogen and oxygen atoms in total. The van der Waals surface area contributed by atoms with E-state index in [9.17, 15) is 4.79 Å². The average Bonchev–Trinajstić information content (AvgIpc) is 3.14. The van der Waals surface area contributed by atoms with Crippen LogP contribution < -0.4 is 5.32 Å². The molecule has 0 fully saturated rings. The highest BCUT2D eigenvalue weighted by atomic mass is 32.1. The molecule has 5 heteroatoms. The first-order valence-electron chi connectivity index (χ1n) is 8.38. The zero-order chi connectivity index (χ0) is 17.6. The minimum atomic E-state index is -0.0715. The molecule has 1 heterocycles. The van der Waals surface area contributed by atoms with Crippen LogP contribution in [0.3, 0.4) is 0 Å². The Labute approximate surface area is 152 Å². The predicted octanol–water partition coefficient (Wildman–Crippen LogP) is 5.35. The molecule has 0 saturated heterocycles. The van der Waals surface area contributed by atoms with Gasteiger partial charge in [-0.15, -0.1) is 11.3 Å². The molecule has 2 aromatic carbocycles. The van der Waals surface area contributed by atoms with Crippen molar-refractivity contribution in [1.29, 1.82) is 0 Å². The lowest BCUT2D eigenvalue weighted by atomic mass is 10.1. The summed E-state index contributed by atoms with van der Waals surface area (Å²) in [6, 6.07) is 17.9. The Balaban J connectivity index is 1.73. The van der Waals surface area contributed by atoms with Gasteiger partial charge in [0.2, 0.25) is 0 Å². The Bertz CT molecular complexity index is 824. The Morgan fingerprint density at radius 3 is 2.32 bits per heavy atom. The Morgan fingerprint density at radius 2 is 1.68 bits per heavy atom. The maximum atomic E-state index is 12.1. The number of amides is 2. The second kappa shape index (κ2) is 7.94. The van der Waals surface area contributed by atoms with Gasteiger partial charge in [0.1, 0.15) is 5.01 Å². The fraction of sp³-hybridized carbons (Fsp3) is 0.200. The van der Waals surface area contributed by atoms with Gasteiger partial charge in [-0.05, 0) is 26.0 Å². The normalized spacial score (nSPS) is 10.5. The summed E-state index contributed by atoms with van der Waals surface area (Å²) >= 11 is 1.63. The molecule has 3 rings (SSSR count). The molecule has 0 aliphatic heterocycles. The number of hydrogen-bond acceptors (Lipinski definition) is 3. The van der Waals surface area contributed by atoms with E-state index in [4.69, 9.17) is 4.98 Å². The summed E-state index contributed by atoms with van der Waals surface area (Å²) in [5.74, 6) is 0. The number of rotatable bonds is 5. The van der Waals surface area contributed by atoms with Crippen LogP contribution in [-0.2, 0) is 0 Å². The minimum absolute atomic E-state index is 0.0715. The second-order valence-corrected chi connectivity index (χ2v) is 6.44. The molecule has 2 amide bonds. The first-order valence-corrected chi connectivity index (χ1v) is 9.26. The van der Waals surface area contributed by atoms with E-state index in [1.807, 2.05) is 56.3 Å². The van der Waals surface area contributed by atoms with E-state index in [2.05, 4.69) is 22.8 Å². The van der Waals surface area contributed by atoms with Crippen LogP contribution >= 0.6 is 11.3 Å². The largest absolute Gasteiger partial charge is 0.325 e. The van der Waals surface area contributed by atoms with Crippen LogP contribution in [0.25, 0.3) is 21.8 Å². The van der Waals surface area contributed by atoms with E-state index < -0.39 is 0 Å². The number of carbonyl (C=O) groups excluding carboxylic acids is 1. The summed E-state index contributed by atoms with van der Waals surface area (Å²) in [6.07, 6.45) is 0. The molecule has 3 aromatic rings. The van der Waals surface area contributed by atoms with Gasteiger partial charge in [-0.2, -0.15) is 0 Å². The topological polar surface area (TPSA) is 45.2 Å². The molecule has 0 radical (unpaired) electrons. The van der Waals surface area contributed by atoms with Crippen LogP contribution in [0, 0.1) is 0 Å². The van der Waals surface area contributed by atoms with E-state index in [1.165, 1.54) is 0 Å². The van der Waals surface area contributed by atoms with E-state index in [0.717, 1.165) is 27.5 Å². The maximum Gasteiger partial charge on any atom is 0.321 e. The molecule has 128 valence electrons. The van der Waals surface area contributed by atoms with E-state index in [-0.39, 0.29) is 6.03 Å². The van der Waals surface area contributed by atoms with Gasteiger partial charge < -0.3 is 10.2 Å². The third-order valence-corrected chi connectivity index (χ3v) is 4.90.